The second-order valence-electron chi connectivity index (χ2n) is 6.39. The third-order valence-corrected chi connectivity index (χ3v) is 3.54. The van der Waals surface area contributed by atoms with Crippen LogP contribution in [0.15, 0.2) is 30.3 Å². The van der Waals surface area contributed by atoms with Crippen LogP contribution in [0.4, 0.5) is 0 Å². The fourth-order valence-corrected chi connectivity index (χ4v) is 2.55. The summed E-state index contributed by atoms with van der Waals surface area (Å²) in [6.45, 7) is 9.46. The van der Waals surface area contributed by atoms with Crippen molar-refractivity contribution in [2.45, 2.75) is 59.1 Å². The van der Waals surface area contributed by atoms with E-state index in [-0.39, 0.29) is 11.5 Å². The van der Waals surface area contributed by atoms with Crippen molar-refractivity contribution in [3.8, 4) is 0 Å². The summed E-state index contributed by atoms with van der Waals surface area (Å²) in [5, 5.41) is 13.2. The fraction of sp³-hybridized carbons (Fsp3) is 0.647. The van der Waals surface area contributed by atoms with Gasteiger partial charge in [0.25, 0.3) is 0 Å². The number of aliphatic hydroxyl groups excluding tert-OH is 1. The van der Waals surface area contributed by atoms with Crippen molar-refractivity contribution in [1.82, 2.24) is 5.32 Å². The van der Waals surface area contributed by atoms with Gasteiger partial charge in [-0.15, -0.1) is 0 Å². The number of rotatable bonds is 8. The summed E-state index contributed by atoms with van der Waals surface area (Å²) >= 11 is 0. The highest BCUT2D eigenvalue weighted by atomic mass is 16.3. The SMILES string of the molecule is CCC(Cc1ccccc1)NCC(C)(C)CC(C)O. The van der Waals surface area contributed by atoms with Crippen LogP contribution < -0.4 is 5.32 Å². The Balaban J connectivity index is 2.45. The predicted molar refractivity (Wildman–Crippen MR) is 82.3 cm³/mol. The number of benzene rings is 1. The molecule has 0 heterocycles. The Kier molecular flexibility index (Phi) is 6.53. The number of aliphatic hydroxyl groups is 1. The van der Waals surface area contributed by atoms with E-state index in [0.29, 0.717) is 6.04 Å². The van der Waals surface area contributed by atoms with E-state index in [1.807, 2.05) is 6.92 Å². The van der Waals surface area contributed by atoms with Crippen molar-refractivity contribution in [2.24, 2.45) is 5.41 Å². The predicted octanol–water partition coefficient (Wildman–Crippen LogP) is 3.39. The van der Waals surface area contributed by atoms with Crippen LogP contribution in [0, 0.1) is 5.41 Å². The van der Waals surface area contributed by atoms with Gasteiger partial charge in [-0.1, -0.05) is 51.1 Å². The average molecular weight is 263 g/mol. The first-order valence-electron chi connectivity index (χ1n) is 7.38. The van der Waals surface area contributed by atoms with Crippen LogP contribution in [0.3, 0.4) is 0 Å². The van der Waals surface area contributed by atoms with Crippen LogP contribution in [0.5, 0.6) is 0 Å². The standard InChI is InChI=1S/C17H29NO/c1-5-16(11-15-9-7-6-8-10-15)18-13-17(3,4)12-14(2)19/h6-10,14,16,18-19H,5,11-13H2,1-4H3. The summed E-state index contributed by atoms with van der Waals surface area (Å²) in [6, 6.07) is 11.1. The van der Waals surface area contributed by atoms with Gasteiger partial charge in [0.2, 0.25) is 0 Å². The fourth-order valence-electron chi connectivity index (χ4n) is 2.55. The lowest BCUT2D eigenvalue weighted by molar-refractivity contribution is 0.126. The monoisotopic (exact) mass is 263 g/mol. The first-order chi connectivity index (χ1) is 8.93. The van der Waals surface area contributed by atoms with Crippen LogP contribution in [-0.4, -0.2) is 23.8 Å². The van der Waals surface area contributed by atoms with Crippen LogP contribution in [0.25, 0.3) is 0 Å². The Bertz CT molecular complexity index is 346. The largest absolute Gasteiger partial charge is 0.393 e. The molecule has 2 atom stereocenters. The number of hydrogen-bond acceptors (Lipinski definition) is 2. The molecule has 0 aromatic heterocycles. The number of nitrogens with one attached hydrogen (secondary N) is 1. The summed E-state index contributed by atoms with van der Waals surface area (Å²) in [7, 11) is 0. The molecule has 0 aliphatic rings. The molecule has 1 aromatic carbocycles. The molecule has 2 unspecified atom stereocenters. The van der Waals surface area contributed by atoms with Crippen LogP contribution in [0.1, 0.15) is 46.1 Å². The van der Waals surface area contributed by atoms with Gasteiger partial charge in [-0.05, 0) is 37.2 Å². The Morgan fingerprint density at radius 3 is 2.37 bits per heavy atom. The second-order valence-corrected chi connectivity index (χ2v) is 6.39. The highest BCUT2D eigenvalue weighted by Crippen LogP contribution is 2.21. The topological polar surface area (TPSA) is 32.3 Å². The van der Waals surface area contributed by atoms with Crippen molar-refractivity contribution in [2.75, 3.05) is 6.54 Å². The maximum Gasteiger partial charge on any atom is 0.0517 e. The molecule has 2 N–H and O–H groups in total. The van der Waals surface area contributed by atoms with Gasteiger partial charge in [0.1, 0.15) is 0 Å². The van der Waals surface area contributed by atoms with E-state index in [1.165, 1.54) is 5.56 Å². The molecule has 1 rings (SSSR count). The highest BCUT2D eigenvalue weighted by Gasteiger charge is 2.21. The van der Waals surface area contributed by atoms with E-state index in [1.54, 1.807) is 0 Å². The highest BCUT2D eigenvalue weighted by molar-refractivity contribution is 5.15. The van der Waals surface area contributed by atoms with E-state index < -0.39 is 0 Å². The molecular formula is C17H29NO. The van der Waals surface area contributed by atoms with Gasteiger partial charge in [0.05, 0.1) is 6.10 Å². The smallest absolute Gasteiger partial charge is 0.0517 e. The first kappa shape index (κ1) is 16.2. The van der Waals surface area contributed by atoms with E-state index in [9.17, 15) is 5.11 Å². The maximum atomic E-state index is 9.52. The van der Waals surface area contributed by atoms with Crippen molar-refractivity contribution >= 4 is 0 Å². The van der Waals surface area contributed by atoms with Gasteiger partial charge in [-0.25, -0.2) is 0 Å². The summed E-state index contributed by atoms with van der Waals surface area (Å²) in [4.78, 5) is 0. The molecule has 1 aromatic rings. The molecule has 0 aliphatic carbocycles. The van der Waals surface area contributed by atoms with Crippen molar-refractivity contribution in [3.05, 3.63) is 35.9 Å². The molecule has 0 amide bonds. The van der Waals surface area contributed by atoms with Crippen LogP contribution in [0.2, 0.25) is 0 Å². The third kappa shape index (κ3) is 6.74. The van der Waals surface area contributed by atoms with E-state index in [0.717, 1.165) is 25.8 Å². The minimum absolute atomic E-state index is 0.137. The molecule has 19 heavy (non-hydrogen) atoms. The zero-order chi connectivity index (χ0) is 14.3. The maximum absolute atomic E-state index is 9.52. The molecule has 0 saturated carbocycles. The Labute approximate surface area is 118 Å². The summed E-state index contributed by atoms with van der Waals surface area (Å²) in [5.74, 6) is 0. The molecule has 108 valence electrons. The zero-order valence-electron chi connectivity index (χ0n) is 12.8. The molecule has 0 spiro atoms. The third-order valence-electron chi connectivity index (χ3n) is 3.54. The van der Waals surface area contributed by atoms with E-state index in [2.05, 4.69) is 56.4 Å². The van der Waals surface area contributed by atoms with Crippen molar-refractivity contribution in [3.63, 3.8) is 0 Å². The quantitative estimate of drug-likeness (QED) is 0.753. The molecule has 0 radical (unpaired) electrons. The minimum Gasteiger partial charge on any atom is -0.393 e. The van der Waals surface area contributed by atoms with Crippen LogP contribution in [-0.2, 0) is 6.42 Å². The number of hydrogen-bond donors (Lipinski definition) is 2. The Morgan fingerprint density at radius 2 is 1.84 bits per heavy atom. The van der Waals surface area contributed by atoms with Gasteiger partial charge in [0.15, 0.2) is 0 Å². The molecule has 2 nitrogen and oxygen atoms in total. The van der Waals surface area contributed by atoms with Gasteiger partial charge < -0.3 is 10.4 Å². The van der Waals surface area contributed by atoms with E-state index in [4.69, 9.17) is 0 Å². The van der Waals surface area contributed by atoms with Gasteiger partial charge >= 0.3 is 0 Å². The normalized spacial score (nSPS) is 15.2. The van der Waals surface area contributed by atoms with Gasteiger partial charge in [-0.3, -0.25) is 0 Å². The van der Waals surface area contributed by atoms with Gasteiger partial charge in [-0.2, -0.15) is 0 Å². The molecule has 0 saturated heterocycles. The lowest BCUT2D eigenvalue weighted by atomic mass is 9.86. The molecule has 2 heteroatoms. The minimum atomic E-state index is -0.231. The molecular weight excluding hydrogens is 234 g/mol. The van der Waals surface area contributed by atoms with E-state index >= 15 is 0 Å². The summed E-state index contributed by atoms with van der Waals surface area (Å²) in [6.07, 6.45) is 2.80. The Morgan fingerprint density at radius 1 is 1.21 bits per heavy atom. The zero-order valence-corrected chi connectivity index (χ0v) is 12.8. The van der Waals surface area contributed by atoms with Crippen LogP contribution >= 0.6 is 0 Å². The molecule has 0 bridgehead atoms. The summed E-state index contributed by atoms with van der Waals surface area (Å²) in [5.41, 5.74) is 1.52. The van der Waals surface area contributed by atoms with Crippen molar-refractivity contribution in [1.29, 1.82) is 0 Å². The van der Waals surface area contributed by atoms with Gasteiger partial charge in [0, 0.05) is 12.6 Å². The first-order valence-corrected chi connectivity index (χ1v) is 7.38. The average Bonchev–Trinajstić information content (AvgIpc) is 2.34. The summed E-state index contributed by atoms with van der Waals surface area (Å²) < 4.78 is 0. The lowest BCUT2D eigenvalue weighted by Gasteiger charge is -2.29. The Hall–Kier alpha value is -0.860. The molecule has 0 aliphatic heterocycles. The van der Waals surface area contributed by atoms with Crippen molar-refractivity contribution < 1.29 is 5.11 Å². The lowest BCUT2D eigenvalue weighted by Crippen LogP contribution is -2.39. The molecule has 0 fully saturated rings. The second kappa shape index (κ2) is 7.66.